The number of hydrogen-bond acceptors (Lipinski definition) is 5. The molecular formula is C18H17N7O. The number of benzene rings is 1. The van der Waals surface area contributed by atoms with Crippen LogP contribution in [-0.2, 0) is 6.54 Å². The van der Waals surface area contributed by atoms with Crippen molar-refractivity contribution in [1.82, 2.24) is 34.7 Å². The summed E-state index contributed by atoms with van der Waals surface area (Å²) < 4.78 is 3.60. The monoisotopic (exact) mass is 347 g/mol. The topological polar surface area (TPSA) is 90.0 Å². The summed E-state index contributed by atoms with van der Waals surface area (Å²) in [4.78, 5) is 16.4. The highest BCUT2D eigenvalue weighted by Crippen LogP contribution is 2.13. The largest absolute Gasteiger partial charge is 0.342 e. The van der Waals surface area contributed by atoms with Crippen molar-refractivity contribution in [2.75, 3.05) is 0 Å². The Bertz CT molecular complexity index is 1020. The maximum Gasteiger partial charge on any atom is 0.251 e. The standard InChI is InChI=1S/C18H17N7O/c1-13(17-23-22-16-4-2-3-9-25(16)17)21-18(26)15-7-5-14(6-8-15)10-24-12-19-11-20-24/h2-9,11-13H,10H2,1H3,(H,21,26)/t13-/m0/s1. The average Bonchev–Trinajstić information content (AvgIpc) is 3.31. The van der Waals surface area contributed by atoms with E-state index in [-0.39, 0.29) is 11.9 Å². The number of hydrogen-bond donors (Lipinski definition) is 1. The molecule has 1 atom stereocenters. The SMILES string of the molecule is C[C@H](NC(=O)c1ccc(Cn2cncn2)cc1)c1nnc2ccccn12. The molecule has 0 saturated heterocycles. The van der Waals surface area contributed by atoms with Gasteiger partial charge in [0.2, 0.25) is 0 Å². The van der Waals surface area contributed by atoms with Gasteiger partial charge in [-0.2, -0.15) is 5.10 Å². The number of carbonyl (C=O) groups is 1. The summed E-state index contributed by atoms with van der Waals surface area (Å²) in [5.41, 5.74) is 2.39. The zero-order valence-electron chi connectivity index (χ0n) is 14.1. The van der Waals surface area contributed by atoms with Gasteiger partial charge < -0.3 is 5.32 Å². The molecule has 0 spiro atoms. The van der Waals surface area contributed by atoms with E-state index >= 15 is 0 Å². The number of carbonyl (C=O) groups excluding carboxylic acids is 1. The predicted octanol–water partition coefficient (Wildman–Crippen LogP) is 1.86. The van der Waals surface area contributed by atoms with E-state index in [1.165, 1.54) is 6.33 Å². The molecule has 0 aliphatic rings. The molecule has 0 fully saturated rings. The van der Waals surface area contributed by atoms with Crippen molar-refractivity contribution in [3.05, 3.63) is 78.3 Å². The van der Waals surface area contributed by atoms with Gasteiger partial charge in [0.05, 0.1) is 12.6 Å². The fourth-order valence-corrected chi connectivity index (χ4v) is 2.76. The molecule has 0 aliphatic heterocycles. The van der Waals surface area contributed by atoms with Crippen LogP contribution in [0.25, 0.3) is 5.65 Å². The van der Waals surface area contributed by atoms with Gasteiger partial charge in [0, 0.05) is 11.8 Å². The maximum atomic E-state index is 12.5. The van der Waals surface area contributed by atoms with Crippen molar-refractivity contribution in [1.29, 1.82) is 0 Å². The molecule has 0 bridgehead atoms. The third-order valence-electron chi connectivity index (χ3n) is 4.10. The predicted molar refractivity (Wildman–Crippen MR) is 94.4 cm³/mol. The minimum atomic E-state index is -0.269. The van der Waals surface area contributed by atoms with E-state index < -0.39 is 0 Å². The Kier molecular flexibility index (Phi) is 4.14. The molecule has 8 heteroatoms. The van der Waals surface area contributed by atoms with Gasteiger partial charge in [-0.1, -0.05) is 18.2 Å². The van der Waals surface area contributed by atoms with Crippen molar-refractivity contribution in [3.8, 4) is 0 Å². The molecule has 130 valence electrons. The summed E-state index contributed by atoms with van der Waals surface area (Å²) >= 11 is 0. The molecule has 4 rings (SSSR count). The van der Waals surface area contributed by atoms with E-state index in [4.69, 9.17) is 0 Å². The highest BCUT2D eigenvalue weighted by molar-refractivity contribution is 5.94. The summed E-state index contributed by atoms with van der Waals surface area (Å²) in [6.45, 7) is 2.50. The third-order valence-corrected chi connectivity index (χ3v) is 4.10. The highest BCUT2D eigenvalue weighted by atomic mass is 16.1. The van der Waals surface area contributed by atoms with Gasteiger partial charge in [-0.25, -0.2) is 9.67 Å². The summed E-state index contributed by atoms with van der Waals surface area (Å²) in [6.07, 6.45) is 5.04. The van der Waals surface area contributed by atoms with Crippen LogP contribution >= 0.6 is 0 Å². The molecule has 4 aromatic rings. The van der Waals surface area contributed by atoms with Gasteiger partial charge in [0.15, 0.2) is 11.5 Å². The maximum absolute atomic E-state index is 12.5. The fraction of sp³-hybridized carbons (Fsp3) is 0.167. The van der Waals surface area contributed by atoms with Gasteiger partial charge in [-0.05, 0) is 36.8 Å². The lowest BCUT2D eigenvalue weighted by Crippen LogP contribution is -2.28. The smallest absolute Gasteiger partial charge is 0.251 e. The van der Waals surface area contributed by atoms with Crippen LogP contribution in [0, 0.1) is 0 Å². The minimum Gasteiger partial charge on any atom is -0.342 e. The summed E-state index contributed by atoms with van der Waals surface area (Å²) in [7, 11) is 0. The van der Waals surface area contributed by atoms with E-state index in [1.807, 2.05) is 47.9 Å². The Morgan fingerprint density at radius 3 is 2.77 bits per heavy atom. The zero-order chi connectivity index (χ0) is 17.9. The second kappa shape index (κ2) is 6.75. The summed E-state index contributed by atoms with van der Waals surface area (Å²) in [5, 5.41) is 15.3. The van der Waals surface area contributed by atoms with Gasteiger partial charge >= 0.3 is 0 Å². The van der Waals surface area contributed by atoms with Gasteiger partial charge in [0.1, 0.15) is 12.7 Å². The second-order valence-electron chi connectivity index (χ2n) is 5.97. The Morgan fingerprint density at radius 1 is 1.15 bits per heavy atom. The van der Waals surface area contributed by atoms with Crippen LogP contribution in [0.3, 0.4) is 0 Å². The first kappa shape index (κ1) is 15.9. The van der Waals surface area contributed by atoms with Crippen LogP contribution in [0.1, 0.15) is 34.7 Å². The number of nitrogens with one attached hydrogen (secondary N) is 1. The zero-order valence-corrected chi connectivity index (χ0v) is 14.1. The molecule has 0 aliphatic carbocycles. The lowest BCUT2D eigenvalue weighted by Gasteiger charge is -2.12. The van der Waals surface area contributed by atoms with Crippen molar-refractivity contribution < 1.29 is 4.79 Å². The molecule has 0 radical (unpaired) electrons. The van der Waals surface area contributed by atoms with Gasteiger partial charge in [0.25, 0.3) is 5.91 Å². The van der Waals surface area contributed by atoms with Crippen molar-refractivity contribution in [2.45, 2.75) is 19.5 Å². The highest BCUT2D eigenvalue weighted by Gasteiger charge is 2.16. The van der Waals surface area contributed by atoms with Crippen LogP contribution in [-0.4, -0.2) is 35.3 Å². The first-order chi connectivity index (χ1) is 12.7. The van der Waals surface area contributed by atoms with Crippen LogP contribution in [0.2, 0.25) is 0 Å². The molecule has 3 heterocycles. The third kappa shape index (κ3) is 3.16. The van der Waals surface area contributed by atoms with Gasteiger partial charge in [-0.3, -0.25) is 9.20 Å². The van der Waals surface area contributed by atoms with E-state index in [0.717, 1.165) is 11.2 Å². The molecule has 1 aromatic carbocycles. The Morgan fingerprint density at radius 2 is 2.00 bits per heavy atom. The molecule has 1 amide bonds. The van der Waals surface area contributed by atoms with E-state index in [9.17, 15) is 4.79 Å². The first-order valence-corrected chi connectivity index (χ1v) is 8.22. The van der Waals surface area contributed by atoms with Crippen molar-refractivity contribution >= 4 is 11.6 Å². The number of pyridine rings is 1. The average molecular weight is 347 g/mol. The van der Waals surface area contributed by atoms with Crippen LogP contribution in [0.5, 0.6) is 0 Å². The first-order valence-electron chi connectivity index (χ1n) is 8.22. The van der Waals surface area contributed by atoms with Crippen molar-refractivity contribution in [3.63, 3.8) is 0 Å². The van der Waals surface area contributed by atoms with E-state index in [2.05, 4.69) is 25.6 Å². The molecule has 1 N–H and O–H groups in total. The molecule has 3 aromatic heterocycles. The quantitative estimate of drug-likeness (QED) is 0.595. The van der Waals surface area contributed by atoms with Crippen LogP contribution in [0.15, 0.2) is 61.3 Å². The summed E-state index contributed by atoms with van der Waals surface area (Å²) in [6, 6.07) is 12.8. The number of aromatic nitrogens is 6. The lowest BCUT2D eigenvalue weighted by molar-refractivity contribution is 0.0938. The number of fused-ring (bicyclic) bond motifs is 1. The van der Waals surface area contributed by atoms with E-state index in [1.54, 1.807) is 23.1 Å². The Balaban J connectivity index is 1.45. The number of nitrogens with zero attached hydrogens (tertiary/aromatic N) is 6. The number of amides is 1. The van der Waals surface area contributed by atoms with Gasteiger partial charge in [-0.15, -0.1) is 10.2 Å². The normalized spacial score (nSPS) is 12.2. The molecule has 8 nitrogen and oxygen atoms in total. The lowest BCUT2D eigenvalue weighted by atomic mass is 10.1. The summed E-state index contributed by atoms with van der Waals surface area (Å²) in [5.74, 6) is 0.536. The van der Waals surface area contributed by atoms with Crippen LogP contribution < -0.4 is 5.32 Å². The second-order valence-corrected chi connectivity index (χ2v) is 5.97. The minimum absolute atomic E-state index is 0.155. The number of rotatable bonds is 5. The van der Waals surface area contributed by atoms with Crippen LogP contribution in [0.4, 0.5) is 0 Å². The van der Waals surface area contributed by atoms with Crippen molar-refractivity contribution in [2.24, 2.45) is 0 Å². The molecule has 26 heavy (non-hydrogen) atoms. The molecular weight excluding hydrogens is 330 g/mol. The Labute approximate surface area is 149 Å². The molecule has 0 unspecified atom stereocenters. The fourth-order valence-electron chi connectivity index (χ4n) is 2.76. The van der Waals surface area contributed by atoms with E-state index in [0.29, 0.717) is 17.9 Å². The molecule has 0 saturated carbocycles. The Hall–Kier alpha value is -3.55.